The zero-order valence-electron chi connectivity index (χ0n) is 21.1. The van der Waals surface area contributed by atoms with Gasteiger partial charge in [0.15, 0.2) is 0 Å². The maximum absolute atomic E-state index is 13.4. The number of nitrogens with one attached hydrogen (secondary N) is 3. The Morgan fingerprint density at radius 1 is 1.09 bits per heavy atom. The molecule has 1 saturated carbocycles. The molecule has 0 saturated heterocycles. The first-order valence-corrected chi connectivity index (χ1v) is 12.6. The van der Waals surface area contributed by atoms with Gasteiger partial charge in [-0.2, -0.15) is 10.2 Å². The molecule has 1 atom stereocenters. The van der Waals surface area contributed by atoms with Crippen LogP contribution in [-0.2, 0) is 4.79 Å². The lowest BCUT2D eigenvalue weighted by molar-refractivity contribution is -0.118. The molecule has 1 aliphatic carbocycles. The molecule has 3 aromatic rings. The molecule has 2 heterocycles. The third-order valence-corrected chi connectivity index (χ3v) is 6.88. The second-order valence-electron chi connectivity index (χ2n) is 9.90. The third kappa shape index (κ3) is 5.81. The highest BCUT2D eigenvalue weighted by atomic mass is 16.2. The number of hydrogen-bond acceptors (Lipinski definition) is 4. The summed E-state index contributed by atoms with van der Waals surface area (Å²) in [6, 6.07) is 8.89. The van der Waals surface area contributed by atoms with Gasteiger partial charge < -0.3 is 10.6 Å². The summed E-state index contributed by atoms with van der Waals surface area (Å²) in [7, 11) is 0. The van der Waals surface area contributed by atoms with Crippen LogP contribution in [0.5, 0.6) is 0 Å². The van der Waals surface area contributed by atoms with Crippen LogP contribution < -0.4 is 10.6 Å². The van der Waals surface area contributed by atoms with E-state index >= 15 is 0 Å². The van der Waals surface area contributed by atoms with Crippen molar-refractivity contribution in [3.8, 4) is 11.1 Å². The van der Waals surface area contributed by atoms with E-state index in [4.69, 9.17) is 0 Å². The number of aryl methyl sites for hydroxylation is 2. The van der Waals surface area contributed by atoms with Gasteiger partial charge in [0.25, 0.3) is 5.91 Å². The SMILES string of the molecule is Cc1n[nH]c(C)c1-c1ccc(NC(=O)[C@H](CC2CCCCC2)NC(=O)c2ccnn2C(C)C)cc1. The van der Waals surface area contributed by atoms with Gasteiger partial charge in [0.05, 0.1) is 5.69 Å². The van der Waals surface area contributed by atoms with E-state index in [2.05, 4.69) is 25.9 Å². The van der Waals surface area contributed by atoms with E-state index in [-0.39, 0.29) is 17.9 Å². The molecule has 8 heteroatoms. The monoisotopic (exact) mass is 476 g/mol. The fourth-order valence-corrected chi connectivity index (χ4v) is 5.05. The summed E-state index contributed by atoms with van der Waals surface area (Å²) in [6.45, 7) is 7.92. The molecule has 1 fully saturated rings. The Kier molecular flexibility index (Phi) is 7.68. The van der Waals surface area contributed by atoms with Crippen molar-refractivity contribution in [2.24, 2.45) is 5.92 Å². The van der Waals surface area contributed by atoms with E-state index < -0.39 is 6.04 Å². The van der Waals surface area contributed by atoms with Crippen LogP contribution in [0.2, 0.25) is 0 Å². The number of anilines is 1. The number of amides is 2. The van der Waals surface area contributed by atoms with Crippen LogP contribution in [-0.4, -0.2) is 37.8 Å². The molecular formula is C27H36N6O2. The number of carbonyl (C=O) groups excluding carboxylic acids is 2. The first-order chi connectivity index (χ1) is 16.8. The predicted octanol–water partition coefficient (Wildman–Crippen LogP) is 5.18. The summed E-state index contributed by atoms with van der Waals surface area (Å²) in [5.41, 5.74) is 5.24. The van der Waals surface area contributed by atoms with Crippen LogP contribution in [0.1, 0.15) is 80.3 Å². The molecule has 2 amide bonds. The number of hydrogen-bond donors (Lipinski definition) is 3. The second kappa shape index (κ2) is 10.9. The molecule has 1 aliphatic rings. The van der Waals surface area contributed by atoms with E-state index in [9.17, 15) is 9.59 Å². The van der Waals surface area contributed by atoms with Crippen molar-refractivity contribution in [2.75, 3.05) is 5.32 Å². The summed E-state index contributed by atoms with van der Waals surface area (Å²) >= 11 is 0. The molecule has 1 aromatic carbocycles. The Morgan fingerprint density at radius 2 is 1.80 bits per heavy atom. The zero-order chi connectivity index (χ0) is 24.9. The van der Waals surface area contributed by atoms with Crippen LogP contribution in [0.25, 0.3) is 11.1 Å². The van der Waals surface area contributed by atoms with Gasteiger partial charge in [-0.25, -0.2) is 0 Å². The molecule has 0 unspecified atom stereocenters. The zero-order valence-corrected chi connectivity index (χ0v) is 21.1. The number of H-pyrrole nitrogens is 1. The Morgan fingerprint density at radius 3 is 2.43 bits per heavy atom. The molecule has 35 heavy (non-hydrogen) atoms. The Labute approximate surface area is 206 Å². The van der Waals surface area contributed by atoms with Gasteiger partial charge in [0, 0.05) is 29.2 Å². The fourth-order valence-electron chi connectivity index (χ4n) is 5.05. The van der Waals surface area contributed by atoms with Crippen LogP contribution >= 0.6 is 0 Å². The Balaban J connectivity index is 1.49. The molecule has 186 valence electrons. The Bertz CT molecular complexity index is 1140. The minimum atomic E-state index is -0.612. The van der Waals surface area contributed by atoms with E-state index in [0.29, 0.717) is 23.7 Å². The van der Waals surface area contributed by atoms with Crippen LogP contribution in [0.15, 0.2) is 36.5 Å². The summed E-state index contributed by atoms with van der Waals surface area (Å²) in [4.78, 5) is 26.5. The van der Waals surface area contributed by atoms with Gasteiger partial charge >= 0.3 is 0 Å². The molecular weight excluding hydrogens is 440 g/mol. The maximum Gasteiger partial charge on any atom is 0.270 e. The first kappa shape index (κ1) is 24.7. The van der Waals surface area contributed by atoms with Gasteiger partial charge in [0.2, 0.25) is 5.91 Å². The smallest absolute Gasteiger partial charge is 0.270 e. The molecule has 0 aliphatic heterocycles. The molecule has 0 spiro atoms. The highest BCUT2D eigenvalue weighted by Gasteiger charge is 2.27. The van der Waals surface area contributed by atoms with Gasteiger partial charge in [-0.05, 0) is 63.8 Å². The van der Waals surface area contributed by atoms with E-state index in [0.717, 1.165) is 35.4 Å². The van der Waals surface area contributed by atoms with E-state index in [1.54, 1.807) is 16.9 Å². The topological polar surface area (TPSA) is 105 Å². The lowest BCUT2D eigenvalue weighted by Gasteiger charge is -2.27. The number of benzene rings is 1. The predicted molar refractivity (Wildman–Crippen MR) is 137 cm³/mol. The number of carbonyl (C=O) groups is 2. The summed E-state index contributed by atoms with van der Waals surface area (Å²) < 4.78 is 1.68. The van der Waals surface area contributed by atoms with Gasteiger partial charge in [0.1, 0.15) is 11.7 Å². The van der Waals surface area contributed by atoms with E-state index in [1.807, 2.05) is 52.0 Å². The van der Waals surface area contributed by atoms with Gasteiger partial charge in [-0.3, -0.25) is 19.4 Å². The van der Waals surface area contributed by atoms with Crippen LogP contribution in [0, 0.1) is 19.8 Å². The van der Waals surface area contributed by atoms with Crippen molar-refractivity contribution in [2.45, 2.75) is 78.3 Å². The number of aromatic amines is 1. The maximum atomic E-state index is 13.4. The lowest BCUT2D eigenvalue weighted by Crippen LogP contribution is -2.45. The minimum absolute atomic E-state index is 0.0531. The van der Waals surface area contributed by atoms with Gasteiger partial charge in [-0.15, -0.1) is 0 Å². The second-order valence-corrected chi connectivity index (χ2v) is 9.90. The average molecular weight is 477 g/mol. The van der Waals surface area contributed by atoms with Crippen molar-refractivity contribution in [1.82, 2.24) is 25.3 Å². The summed E-state index contributed by atoms with van der Waals surface area (Å²) in [5, 5.41) is 17.6. The molecule has 0 radical (unpaired) electrons. The highest BCUT2D eigenvalue weighted by molar-refractivity contribution is 6.00. The number of rotatable bonds is 8. The largest absolute Gasteiger partial charge is 0.339 e. The highest BCUT2D eigenvalue weighted by Crippen LogP contribution is 2.29. The van der Waals surface area contributed by atoms with E-state index in [1.165, 1.54) is 19.3 Å². The first-order valence-electron chi connectivity index (χ1n) is 12.6. The number of nitrogens with zero attached hydrogens (tertiary/aromatic N) is 3. The van der Waals surface area contributed by atoms with Gasteiger partial charge in [-0.1, -0.05) is 44.2 Å². The number of aromatic nitrogens is 4. The normalized spacial score (nSPS) is 15.2. The van der Waals surface area contributed by atoms with Crippen molar-refractivity contribution < 1.29 is 9.59 Å². The molecule has 3 N–H and O–H groups in total. The third-order valence-electron chi connectivity index (χ3n) is 6.88. The molecule has 8 nitrogen and oxygen atoms in total. The van der Waals surface area contributed by atoms with Crippen molar-refractivity contribution >= 4 is 17.5 Å². The molecule has 2 aromatic heterocycles. The average Bonchev–Trinajstić information content (AvgIpc) is 3.47. The molecule has 4 rings (SSSR count). The van der Waals surface area contributed by atoms with Crippen molar-refractivity contribution in [1.29, 1.82) is 0 Å². The van der Waals surface area contributed by atoms with Crippen LogP contribution in [0.3, 0.4) is 0 Å². The Hall–Kier alpha value is -3.42. The fraction of sp³-hybridized carbons (Fsp3) is 0.481. The standard InChI is InChI=1S/C27H36N6O2/c1-17(2)33-24(14-15-28-33)27(35)30-23(16-20-8-6-5-7-9-20)26(34)29-22-12-10-21(11-13-22)25-18(3)31-32-19(25)4/h10-15,17,20,23H,5-9,16H2,1-4H3,(H,29,34)(H,30,35)(H,31,32)/t23-/m0/s1. The van der Waals surface area contributed by atoms with Crippen molar-refractivity contribution in [3.05, 3.63) is 53.6 Å². The summed E-state index contributed by atoms with van der Waals surface area (Å²) in [6.07, 6.45) is 8.07. The van der Waals surface area contributed by atoms with Crippen LogP contribution in [0.4, 0.5) is 5.69 Å². The summed E-state index contributed by atoms with van der Waals surface area (Å²) in [5.74, 6) is -0.0272. The lowest BCUT2D eigenvalue weighted by atomic mass is 9.84. The quantitative estimate of drug-likeness (QED) is 0.417. The molecule has 0 bridgehead atoms. The minimum Gasteiger partial charge on any atom is -0.339 e. The van der Waals surface area contributed by atoms with Crippen molar-refractivity contribution in [3.63, 3.8) is 0 Å².